The van der Waals surface area contributed by atoms with Crippen LogP contribution in [0.4, 0.5) is 5.69 Å². The van der Waals surface area contributed by atoms with Gasteiger partial charge in [0, 0.05) is 11.1 Å². The van der Waals surface area contributed by atoms with E-state index in [9.17, 15) is 14.4 Å². The third-order valence-electron chi connectivity index (χ3n) is 7.54. The number of benzene rings is 1. The monoisotopic (exact) mass is 426 g/mol. The lowest BCUT2D eigenvalue weighted by molar-refractivity contribution is -0.152. The number of rotatable bonds is 8. The Morgan fingerprint density at radius 2 is 1.52 bits per heavy atom. The summed E-state index contributed by atoms with van der Waals surface area (Å²) in [5.74, 6) is 1.08. The van der Waals surface area contributed by atoms with E-state index in [0.717, 1.165) is 48.9 Å². The molecule has 2 amide bonds. The van der Waals surface area contributed by atoms with Gasteiger partial charge in [-0.25, -0.2) is 0 Å². The Labute approximate surface area is 184 Å². The molecular formula is C25H34N2O4. The van der Waals surface area contributed by atoms with Crippen molar-refractivity contribution in [3.8, 4) is 0 Å². The van der Waals surface area contributed by atoms with Crippen LogP contribution in [0, 0.1) is 23.2 Å². The van der Waals surface area contributed by atoms with Gasteiger partial charge in [0.1, 0.15) is 6.54 Å². The molecule has 0 radical (unpaired) electrons. The molecule has 1 aromatic rings. The molecule has 4 saturated carbocycles. The second-order valence-electron chi connectivity index (χ2n) is 9.75. The quantitative estimate of drug-likeness (QED) is 0.622. The Bertz CT molecular complexity index is 806. The summed E-state index contributed by atoms with van der Waals surface area (Å²) in [7, 11) is 0. The molecular weight excluding hydrogens is 392 g/mol. The molecule has 0 aliphatic heterocycles. The fourth-order valence-corrected chi connectivity index (χ4v) is 6.50. The third-order valence-corrected chi connectivity index (χ3v) is 7.54. The van der Waals surface area contributed by atoms with Crippen molar-refractivity contribution in [3.63, 3.8) is 0 Å². The van der Waals surface area contributed by atoms with Crippen molar-refractivity contribution in [1.29, 1.82) is 0 Å². The highest BCUT2D eigenvalue weighted by molar-refractivity contribution is 5.94. The highest BCUT2D eigenvalue weighted by Crippen LogP contribution is 2.60. The molecule has 6 heteroatoms. The molecule has 0 unspecified atom stereocenters. The molecule has 2 N–H and O–H groups in total. The van der Waals surface area contributed by atoms with Gasteiger partial charge in [0.05, 0.1) is 0 Å². The van der Waals surface area contributed by atoms with Crippen LogP contribution in [0.15, 0.2) is 18.2 Å². The van der Waals surface area contributed by atoms with Gasteiger partial charge in [0.15, 0.2) is 6.61 Å². The number of aryl methyl sites for hydroxylation is 2. The topological polar surface area (TPSA) is 84.5 Å². The maximum absolute atomic E-state index is 12.9. The number of hydrogen-bond donors (Lipinski definition) is 2. The summed E-state index contributed by atoms with van der Waals surface area (Å²) in [6, 6.07) is 5.96. The lowest BCUT2D eigenvalue weighted by Crippen LogP contribution is -2.54. The van der Waals surface area contributed by atoms with Crippen LogP contribution in [0.1, 0.15) is 63.5 Å². The maximum atomic E-state index is 12.9. The van der Waals surface area contributed by atoms with Crippen molar-refractivity contribution in [1.82, 2.24) is 5.32 Å². The second kappa shape index (κ2) is 9.01. The van der Waals surface area contributed by atoms with Crippen molar-refractivity contribution in [2.45, 2.75) is 65.2 Å². The SMILES string of the molecule is CCc1cccc(CC)c1NC(=O)COC(=O)CNC(=O)C12CC3CC(CC(C3)C1)C2. The summed E-state index contributed by atoms with van der Waals surface area (Å²) >= 11 is 0. The van der Waals surface area contributed by atoms with Gasteiger partial charge in [-0.3, -0.25) is 14.4 Å². The smallest absolute Gasteiger partial charge is 0.325 e. The maximum Gasteiger partial charge on any atom is 0.325 e. The van der Waals surface area contributed by atoms with Crippen molar-refractivity contribution >= 4 is 23.5 Å². The lowest BCUT2D eigenvalue weighted by Gasteiger charge is -2.55. The van der Waals surface area contributed by atoms with Crippen LogP contribution in [-0.4, -0.2) is 30.9 Å². The standard InChI is InChI=1S/C25H34N2O4/c1-3-19-6-5-7-20(4-2)23(19)27-21(28)15-31-22(29)14-26-24(30)25-11-16-8-17(12-25)10-18(9-16)13-25/h5-7,16-18H,3-4,8-15H2,1-2H3,(H,26,30)(H,27,28). The van der Waals surface area contributed by atoms with E-state index >= 15 is 0 Å². The zero-order chi connectivity index (χ0) is 22.0. The van der Waals surface area contributed by atoms with Crippen molar-refractivity contribution in [2.75, 3.05) is 18.5 Å². The van der Waals surface area contributed by atoms with Gasteiger partial charge in [-0.1, -0.05) is 32.0 Å². The van der Waals surface area contributed by atoms with Gasteiger partial charge in [0.2, 0.25) is 5.91 Å². The van der Waals surface area contributed by atoms with Crippen molar-refractivity contribution < 1.29 is 19.1 Å². The number of carbonyl (C=O) groups is 3. The number of carbonyl (C=O) groups excluding carboxylic acids is 3. The molecule has 4 aliphatic rings. The van der Waals surface area contributed by atoms with E-state index < -0.39 is 5.97 Å². The van der Waals surface area contributed by atoms with E-state index in [0.29, 0.717) is 17.8 Å². The Kier molecular flexibility index (Phi) is 6.35. The summed E-state index contributed by atoms with van der Waals surface area (Å²) in [4.78, 5) is 37.4. The Balaban J connectivity index is 1.25. The van der Waals surface area contributed by atoms with Crippen LogP contribution < -0.4 is 10.6 Å². The molecule has 31 heavy (non-hydrogen) atoms. The number of anilines is 1. The third kappa shape index (κ3) is 4.63. The first-order valence-corrected chi connectivity index (χ1v) is 11.8. The molecule has 0 saturated heterocycles. The Morgan fingerprint density at radius 3 is 2.03 bits per heavy atom. The van der Waals surface area contributed by atoms with E-state index in [2.05, 4.69) is 10.6 Å². The van der Waals surface area contributed by atoms with Crippen LogP contribution in [0.3, 0.4) is 0 Å². The minimum Gasteiger partial charge on any atom is -0.454 e. The van der Waals surface area contributed by atoms with Crippen molar-refractivity contribution in [2.24, 2.45) is 23.2 Å². The molecule has 4 aliphatic carbocycles. The highest BCUT2D eigenvalue weighted by atomic mass is 16.5. The average molecular weight is 427 g/mol. The van der Waals surface area contributed by atoms with Gasteiger partial charge in [-0.15, -0.1) is 0 Å². The second-order valence-corrected chi connectivity index (χ2v) is 9.75. The van der Waals surface area contributed by atoms with E-state index in [1.807, 2.05) is 32.0 Å². The van der Waals surface area contributed by atoms with Gasteiger partial charge in [-0.2, -0.15) is 0 Å². The molecule has 0 atom stereocenters. The van der Waals surface area contributed by atoms with Gasteiger partial charge < -0.3 is 15.4 Å². The molecule has 0 spiro atoms. The fraction of sp³-hybridized carbons (Fsp3) is 0.640. The molecule has 168 valence electrons. The molecule has 0 heterocycles. The number of nitrogens with one attached hydrogen (secondary N) is 2. The summed E-state index contributed by atoms with van der Waals surface area (Å²) in [6.07, 6.45) is 8.29. The Hall–Kier alpha value is -2.37. The van der Waals surface area contributed by atoms with E-state index in [-0.39, 0.29) is 30.4 Å². The summed E-state index contributed by atoms with van der Waals surface area (Å²) in [5, 5.41) is 5.69. The van der Waals surface area contributed by atoms with E-state index in [4.69, 9.17) is 4.74 Å². The highest BCUT2D eigenvalue weighted by Gasteiger charge is 2.54. The minimum atomic E-state index is -0.576. The minimum absolute atomic E-state index is 0.00235. The summed E-state index contributed by atoms with van der Waals surface area (Å²) in [6.45, 7) is 3.54. The number of amides is 2. The van der Waals surface area contributed by atoms with E-state index in [1.165, 1.54) is 19.3 Å². The molecule has 4 fully saturated rings. The number of hydrogen-bond acceptors (Lipinski definition) is 4. The van der Waals surface area contributed by atoms with Crippen LogP contribution in [0.25, 0.3) is 0 Å². The average Bonchev–Trinajstić information content (AvgIpc) is 2.75. The van der Waals surface area contributed by atoms with Crippen LogP contribution >= 0.6 is 0 Å². The largest absolute Gasteiger partial charge is 0.454 e. The Morgan fingerprint density at radius 1 is 0.968 bits per heavy atom. The van der Waals surface area contributed by atoms with Crippen LogP contribution in [0.2, 0.25) is 0 Å². The lowest BCUT2D eigenvalue weighted by atomic mass is 9.49. The first-order valence-electron chi connectivity index (χ1n) is 11.8. The molecule has 5 rings (SSSR count). The normalized spacial score (nSPS) is 28.3. The predicted octanol–water partition coefficient (Wildman–Crippen LogP) is 3.63. The molecule has 4 bridgehead atoms. The predicted molar refractivity (Wildman–Crippen MR) is 118 cm³/mol. The van der Waals surface area contributed by atoms with E-state index in [1.54, 1.807) is 0 Å². The molecule has 0 aromatic heterocycles. The summed E-state index contributed by atoms with van der Waals surface area (Å²) in [5.41, 5.74) is 2.64. The van der Waals surface area contributed by atoms with Gasteiger partial charge in [-0.05, 0) is 80.2 Å². The van der Waals surface area contributed by atoms with Crippen LogP contribution in [-0.2, 0) is 32.0 Å². The first-order chi connectivity index (χ1) is 14.9. The molecule has 1 aromatic carbocycles. The number of esters is 1. The zero-order valence-electron chi connectivity index (χ0n) is 18.7. The molecule has 6 nitrogen and oxygen atoms in total. The first kappa shape index (κ1) is 21.8. The zero-order valence-corrected chi connectivity index (χ0v) is 18.7. The van der Waals surface area contributed by atoms with Crippen molar-refractivity contribution in [3.05, 3.63) is 29.3 Å². The fourth-order valence-electron chi connectivity index (χ4n) is 6.50. The number of ether oxygens (including phenoxy) is 1. The van der Waals surface area contributed by atoms with Gasteiger partial charge >= 0.3 is 5.97 Å². The van der Waals surface area contributed by atoms with Crippen LogP contribution in [0.5, 0.6) is 0 Å². The van der Waals surface area contributed by atoms with Gasteiger partial charge in [0.25, 0.3) is 5.91 Å². The summed E-state index contributed by atoms with van der Waals surface area (Å²) < 4.78 is 5.13. The number of para-hydroxylation sites is 1.